The number of halogens is 3. The number of amides is 1. The Morgan fingerprint density at radius 2 is 1.90 bits per heavy atom. The van der Waals surface area contributed by atoms with E-state index in [2.05, 4.69) is 15.5 Å². The lowest BCUT2D eigenvalue weighted by Crippen LogP contribution is -2.16. The molecule has 1 N–H and O–H groups in total. The van der Waals surface area contributed by atoms with E-state index in [0.717, 1.165) is 11.3 Å². The first-order valence-corrected chi connectivity index (χ1v) is 11.6. The SMILES string of the molecule is CCn1c(SCC(=O)Nc2c(Cl)cccc2Cl)nnc1C(C)Oc1ccc(Cl)cc1C. The summed E-state index contributed by atoms with van der Waals surface area (Å²) < 4.78 is 8.00. The number of hydrogen-bond acceptors (Lipinski definition) is 5. The summed E-state index contributed by atoms with van der Waals surface area (Å²) >= 11 is 19.5. The number of aromatic nitrogens is 3. The maximum absolute atomic E-state index is 12.4. The quantitative estimate of drug-likeness (QED) is 0.361. The monoisotopic (exact) mass is 498 g/mol. The molecule has 1 amide bonds. The minimum atomic E-state index is -0.336. The molecular weight excluding hydrogens is 479 g/mol. The maximum Gasteiger partial charge on any atom is 0.234 e. The molecule has 2 aromatic carbocycles. The van der Waals surface area contributed by atoms with Crippen LogP contribution < -0.4 is 10.1 Å². The zero-order valence-corrected chi connectivity index (χ0v) is 20.2. The molecule has 1 aromatic heterocycles. The lowest BCUT2D eigenvalue weighted by atomic mass is 10.2. The van der Waals surface area contributed by atoms with E-state index in [9.17, 15) is 4.79 Å². The van der Waals surface area contributed by atoms with Crippen LogP contribution in [0.4, 0.5) is 5.69 Å². The van der Waals surface area contributed by atoms with Crippen LogP contribution in [0.2, 0.25) is 15.1 Å². The van der Waals surface area contributed by atoms with Gasteiger partial charge < -0.3 is 14.6 Å². The first-order valence-electron chi connectivity index (χ1n) is 9.52. The first-order chi connectivity index (χ1) is 14.8. The van der Waals surface area contributed by atoms with Gasteiger partial charge in [0.2, 0.25) is 5.91 Å². The van der Waals surface area contributed by atoms with Gasteiger partial charge in [-0.1, -0.05) is 52.6 Å². The number of para-hydroxylation sites is 1. The van der Waals surface area contributed by atoms with Crippen LogP contribution in [0.5, 0.6) is 5.75 Å². The second-order valence-electron chi connectivity index (χ2n) is 6.69. The number of hydrogen-bond donors (Lipinski definition) is 1. The van der Waals surface area contributed by atoms with Crippen molar-refractivity contribution in [2.45, 2.75) is 38.6 Å². The molecule has 1 heterocycles. The Morgan fingerprint density at radius 1 is 1.19 bits per heavy atom. The minimum Gasteiger partial charge on any atom is -0.482 e. The van der Waals surface area contributed by atoms with Crippen molar-refractivity contribution in [2.75, 3.05) is 11.1 Å². The lowest BCUT2D eigenvalue weighted by molar-refractivity contribution is -0.113. The number of benzene rings is 2. The molecule has 0 radical (unpaired) electrons. The molecule has 31 heavy (non-hydrogen) atoms. The predicted octanol–water partition coefficient (Wildman–Crippen LogP) is 6.44. The highest BCUT2D eigenvalue weighted by Gasteiger charge is 2.20. The molecule has 3 aromatic rings. The van der Waals surface area contributed by atoms with Gasteiger partial charge in [0, 0.05) is 11.6 Å². The number of aryl methyl sites for hydroxylation is 1. The summed E-state index contributed by atoms with van der Waals surface area (Å²) in [6.07, 6.45) is -0.336. The Balaban J connectivity index is 1.67. The Labute approximate surface area is 200 Å². The highest BCUT2D eigenvalue weighted by atomic mass is 35.5. The molecule has 0 fully saturated rings. The molecule has 0 aliphatic carbocycles. The second-order valence-corrected chi connectivity index (χ2v) is 8.88. The summed E-state index contributed by atoms with van der Waals surface area (Å²) in [6, 6.07) is 10.5. The summed E-state index contributed by atoms with van der Waals surface area (Å²) in [4.78, 5) is 12.4. The van der Waals surface area contributed by atoms with Crippen LogP contribution in [-0.2, 0) is 11.3 Å². The number of carbonyl (C=O) groups is 1. The Bertz CT molecular complexity index is 1070. The fraction of sp³-hybridized carbons (Fsp3) is 0.286. The summed E-state index contributed by atoms with van der Waals surface area (Å²) in [7, 11) is 0. The van der Waals surface area contributed by atoms with Gasteiger partial charge in [-0.2, -0.15) is 0 Å². The number of ether oxygens (including phenoxy) is 1. The third-order valence-electron chi connectivity index (χ3n) is 4.43. The van der Waals surface area contributed by atoms with Crippen molar-refractivity contribution in [1.82, 2.24) is 14.8 Å². The summed E-state index contributed by atoms with van der Waals surface area (Å²) in [5, 5.41) is 13.3. The van der Waals surface area contributed by atoms with Crippen LogP contribution in [0.1, 0.15) is 31.3 Å². The molecule has 0 aliphatic heterocycles. The smallest absolute Gasteiger partial charge is 0.234 e. The van der Waals surface area contributed by atoms with Crippen LogP contribution >= 0.6 is 46.6 Å². The Hall–Kier alpha value is -1.93. The molecular formula is C21H21Cl3N4O2S. The van der Waals surface area contributed by atoms with Crippen molar-refractivity contribution in [1.29, 1.82) is 0 Å². The van der Waals surface area contributed by atoms with Crippen LogP contribution in [0, 0.1) is 6.92 Å². The number of anilines is 1. The highest BCUT2D eigenvalue weighted by Crippen LogP contribution is 2.31. The molecule has 164 valence electrons. The van der Waals surface area contributed by atoms with Gasteiger partial charge >= 0.3 is 0 Å². The van der Waals surface area contributed by atoms with E-state index >= 15 is 0 Å². The normalized spacial score (nSPS) is 11.9. The van der Waals surface area contributed by atoms with Gasteiger partial charge in [-0.15, -0.1) is 10.2 Å². The van der Waals surface area contributed by atoms with Gasteiger partial charge in [0.15, 0.2) is 17.1 Å². The van der Waals surface area contributed by atoms with Gasteiger partial charge in [0.1, 0.15) is 5.75 Å². The molecule has 0 aliphatic rings. The molecule has 0 saturated carbocycles. The fourth-order valence-corrected chi connectivity index (χ4v) is 4.44. The van der Waals surface area contributed by atoms with E-state index in [0.29, 0.717) is 38.3 Å². The maximum atomic E-state index is 12.4. The van der Waals surface area contributed by atoms with Crippen molar-refractivity contribution in [3.63, 3.8) is 0 Å². The molecule has 0 saturated heterocycles. The summed E-state index contributed by atoms with van der Waals surface area (Å²) in [5.74, 6) is 1.29. The van der Waals surface area contributed by atoms with E-state index in [1.165, 1.54) is 11.8 Å². The molecule has 6 nitrogen and oxygen atoms in total. The van der Waals surface area contributed by atoms with Gasteiger partial charge in [-0.25, -0.2) is 0 Å². The van der Waals surface area contributed by atoms with E-state index in [1.807, 2.05) is 37.5 Å². The van der Waals surface area contributed by atoms with Gasteiger partial charge in [-0.05, 0) is 56.7 Å². The lowest BCUT2D eigenvalue weighted by Gasteiger charge is -2.17. The second kappa shape index (κ2) is 10.6. The molecule has 0 bridgehead atoms. The van der Waals surface area contributed by atoms with E-state index in [-0.39, 0.29) is 17.8 Å². The van der Waals surface area contributed by atoms with Crippen LogP contribution in [-0.4, -0.2) is 26.4 Å². The first kappa shape index (κ1) is 23.7. The van der Waals surface area contributed by atoms with Gasteiger partial charge in [0.25, 0.3) is 0 Å². The summed E-state index contributed by atoms with van der Waals surface area (Å²) in [6.45, 7) is 6.46. The summed E-state index contributed by atoms with van der Waals surface area (Å²) in [5.41, 5.74) is 1.33. The predicted molar refractivity (Wildman–Crippen MR) is 127 cm³/mol. The van der Waals surface area contributed by atoms with E-state index in [1.54, 1.807) is 24.3 Å². The third kappa shape index (κ3) is 5.86. The number of thioether (sulfide) groups is 1. The Morgan fingerprint density at radius 3 is 2.55 bits per heavy atom. The van der Waals surface area contributed by atoms with Gasteiger partial charge in [0.05, 0.1) is 21.5 Å². The van der Waals surface area contributed by atoms with Crippen LogP contribution in [0.15, 0.2) is 41.6 Å². The topological polar surface area (TPSA) is 69.0 Å². The number of carbonyl (C=O) groups excluding carboxylic acids is 1. The molecule has 0 spiro atoms. The molecule has 1 atom stereocenters. The third-order valence-corrected chi connectivity index (χ3v) is 6.26. The zero-order chi connectivity index (χ0) is 22.5. The van der Waals surface area contributed by atoms with E-state index in [4.69, 9.17) is 39.5 Å². The standard InChI is InChI=1S/C21H21Cl3N4O2S/c1-4-28-20(13(3)30-17-9-8-14(22)10-12(17)2)26-27-21(28)31-11-18(29)25-19-15(23)6-5-7-16(19)24/h5-10,13H,4,11H2,1-3H3,(H,25,29). The molecule has 3 rings (SSSR count). The largest absolute Gasteiger partial charge is 0.482 e. The van der Waals surface area contributed by atoms with Crippen molar-refractivity contribution >= 4 is 58.2 Å². The van der Waals surface area contributed by atoms with Crippen molar-refractivity contribution in [2.24, 2.45) is 0 Å². The number of rotatable bonds is 8. The van der Waals surface area contributed by atoms with Crippen molar-refractivity contribution < 1.29 is 9.53 Å². The highest BCUT2D eigenvalue weighted by molar-refractivity contribution is 7.99. The average molecular weight is 500 g/mol. The minimum absolute atomic E-state index is 0.130. The van der Waals surface area contributed by atoms with Crippen LogP contribution in [0.25, 0.3) is 0 Å². The number of nitrogens with zero attached hydrogens (tertiary/aromatic N) is 3. The fourth-order valence-electron chi connectivity index (χ4n) is 2.92. The molecule has 10 heteroatoms. The van der Waals surface area contributed by atoms with Crippen molar-refractivity contribution in [3.8, 4) is 5.75 Å². The Kier molecular flexibility index (Phi) is 8.11. The van der Waals surface area contributed by atoms with Gasteiger partial charge in [-0.3, -0.25) is 4.79 Å². The van der Waals surface area contributed by atoms with Crippen molar-refractivity contribution in [3.05, 3.63) is 62.9 Å². The van der Waals surface area contributed by atoms with E-state index < -0.39 is 0 Å². The average Bonchev–Trinajstić information content (AvgIpc) is 3.14. The zero-order valence-electron chi connectivity index (χ0n) is 17.2. The number of nitrogens with one attached hydrogen (secondary N) is 1. The molecule has 1 unspecified atom stereocenters. The van der Waals surface area contributed by atoms with Crippen LogP contribution in [0.3, 0.4) is 0 Å².